The van der Waals surface area contributed by atoms with Crippen molar-refractivity contribution in [2.75, 3.05) is 0 Å². The number of pyridine rings is 1. The normalized spacial score (nSPS) is 13.3. The van der Waals surface area contributed by atoms with Crippen molar-refractivity contribution >= 4 is 0 Å². The van der Waals surface area contributed by atoms with Crippen LogP contribution in [0.25, 0.3) is 0 Å². The van der Waals surface area contributed by atoms with Crippen molar-refractivity contribution in [1.29, 1.82) is 0 Å². The summed E-state index contributed by atoms with van der Waals surface area (Å²) in [5, 5.41) is 0. The molecule has 0 aliphatic heterocycles. The minimum atomic E-state index is 0.927. The van der Waals surface area contributed by atoms with E-state index in [2.05, 4.69) is 76.5 Å². The van der Waals surface area contributed by atoms with Crippen LogP contribution in [-0.2, 0) is 12.8 Å². The Morgan fingerprint density at radius 3 is 2.50 bits per heavy atom. The molecule has 0 N–H and O–H groups in total. The SMILES string of the molecule is C=CCC(=C/C)/C(=C/C)C(/C)=C\CCCc1ccc(CC)nc1C. The van der Waals surface area contributed by atoms with Gasteiger partial charge >= 0.3 is 0 Å². The zero-order chi connectivity index (χ0) is 17.9. The summed E-state index contributed by atoms with van der Waals surface area (Å²) in [5.74, 6) is 0. The molecule has 0 aromatic carbocycles. The minimum Gasteiger partial charge on any atom is -0.258 e. The lowest BCUT2D eigenvalue weighted by Crippen LogP contribution is -1.97. The topological polar surface area (TPSA) is 12.9 Å². The Morgan fingerprint density at radius 2 is 1.96 bits per heavy atom. The average Bonchev–Trinajstić information content (AvgIpc) is 2.59. The number of unbranched alkanes of at least 4 members (excludes halogenated alkanes) is 1. The molecule has 1 nitrogen and oxygen atoms in total. The van der Waals surface area contributed by atoms with Crippen LogP contribution in [0.15, 0.2) is 59.7 Å². The highest BCUT2D eigenvalue weighted by molar-refractivity contribution is 5.45. The molecule has 0 amide bonds. The van der Waals surface area contributed by atoms with Gasteiger partial charge in [-0.3, -0.25) is 4.98 Å². The molecule has 0 bridgehead atoms. The highest BCUT2D eigenvalue weighted by Gasteiger charge is 2.05. The third kappa shape index (κ3) is 5.96. The lowest BCUT2D eigenvalue weighted by molar-refractivity contribution is 0.821. The second-order valence-electron chi connectivity index (χ2n) is 6.19. The molecule has 0 fully saturated rings. The van der Waals surface area contributed by atoms with Gasteiger partial charge < -0.3 is 0 Å². The van der Waals surface area contributed by atoms with Crippen molar-refractivity contribution < 1.29 is 0 Å². The number of hydrogen-bond acceptors (Lipinski definition) is 1. The van der Waals surface area contributed by atoms with Crippen LogP contribution >= 0.6 is 0 Å². The maximum absolute atomic E-state index is 4.66. The second-order valence-corrected chi connectivity index (χ2v) is 6.19. The fourth-order valence-corrected chi connectivity index (χ4v) is 3.03. The van der Waals surface area contributed by atoms with Gasteiger partial charge in [-0.25, -0.2) is 0 Å². The van der Waals surface area contributed by atoms with Crippen LogP contribution in [0.1, 0.15) is 63.9 Å². The number of aryl methyl sites for hydroxylation is 3. The smallest absolute Gasteiger partial charge is 0.0407 e. The van der Waals surface area contributed by atoms with Crippen molar-refractivity contribution in [3.63, 3.8) is 0 Å². The summed E-state index contributed by atoms with van der Waals surface area (Å²) in [4.78, 5) is 4.66. The van der Waals surface area contributed by atoms with Crippen LogP contribution in [0.3, 0.4) is 0 Å². The molecule has 130 valence electrons. The van der Waals surface area contributed by atoms with Gasteiger partial charge in [0.1, 0.15) is 0 Å². The Balaban J connectivity index is 2.64. The van der Waals surface area contributed by atoms with E-state index in [0.29, 0.717) is 0 Å². The van der Waals surface area contributed by atoms with Gasteiger partial charge in [-0.1, -0.05) is 37.3 Å². The van der Waals surface area contributed by atoms with E-state index in [0.717, 1.165) is 32.1 Å². The van der Waals surface area contributed by atoms with E-state index in [1.807, 2.05) is 6.08 Å². The summed E-state index contributed by atoms with van der Waals surface area (Å²) >= 11 is 0. The molecule has 1 heterocycles. The lowest BCUT2D eigenvalue weighted by Gasteiger charge is -2.11. The summed E-state index contributed by atoms with van der Waals surface area (Å²) in [6.07, 6.45) is 14.0. The zero-order valence-corrected chi connectivity index (χ0v) is 16.2. The summed E-state index contributed by atoms with van der Waals surface area (Å²) in [6, 6.07) is 4.41. The van der Waals surface area contributed by atoms with Gasteiger partial charge in [0.2, 0.25) is 0 Å². The van der Waals surface area contributed by atoms with Crippen molar-refractivity contribution in [2.24, 2.45) is 0 Å². The predicted octanol–water partition coefficient (Wildman–Crippen LogP) is 6.69. The Labute approximate surface area is 148 Å². The van der Waals surface area contributed by atoms with E-state index in [-0.39, 0.29) is 0 Å². The van der Waals surface area contributed by atoms with Gasteiger partial charge in [0.05, 0.1) is 0 Å². The van der Waals surface area contributed by atoms with E-state index >= 15 is 0 Å². The van der Waals surface area contributed by atoms with E-state index in [1.54, 1.807) is 0 Å². The number of nitrogens with zero attached hydrogens (tertiary/aromatic N) is 1. The van der Waals surface area contributed by atoms with Crippen molar-refractivity contribution in [2.45, 2.75) is 66.7 Å². The standard InChI is InChI=1S/C23H33N/c1-7-13-20(8-2)23(10-4)18(5)14-11-12-15-21-16-17-22(9-3)24-19(21)6/h7-8,10,14,16-17H,1,9,11-13,15H2,2-6H3/b18-14-,20-8-,23-10+. The van der Waals surface area contributed by atoms with Crippen molar-refractivity contribution in [1.82, 2.24) is 4.98 Å². The highest BCUT2D eigenvalue weighted by Crippen LogP contribution is 2.23. The first-order valence-corrected chi connectivity index (χ1v) is 9.12. The van der Waals surface area contributed by atoms with Crippen molar-refractivity contribution in [3.05, 3.63) is 76.7 Å². The number of aromatic nitrogens is 1. The molecule has 0 saturated heterocycles. The first kappa shape index (κ1) is 20.2. The molecule has 0 radical (unpaired) electrons. The maximum atomic E-state index is 4.66. The van der Waals surface area contributed by atoms with Gasteiger partial charge in [0.15, 0.2) is 0 Å². The third-order valence-corrected chi connectivity index (χ3v) is 4.49. The molecule has 0 saturated carbocycles. The Morgan fingerprint density at radius 1 is 1.21 bits per heavy atom. The number of rotatable bonds is 9. The number of hydrogen-bond donors (Lipinski definition) is 0. The van der Waals surface area contributed by atoms with Gasteiger partial charge in [-0.15, -0.1) is 6.58 Å². The molecule has 0 unspecified atom stereocenters. The van der Waals surface area contributed by atoms with Gasteiger partial charge in [0.25, 0.3) is 0 Å². The summed E-state index contributed by atoms with van der Waals surface area (Å²) in [6.45, 7) is 14.6. The molecular weight excluding hydrogens is 290 g/mol. The van der Waals surface area contributed by atoms with Gasteiger partial charge in [-0.2, -0.15) is 0 Å². The molecule has 0 spiro atoms. The summed E-state index contributed by atoms with van der Waals surface area (Å²) < 4.78 is 0. The molecule has 0 aliphatic rings. The van der Waals surface area contributed by atoms with Crippen LogP contribution in [0, 0.1) is 6.92 Å². The van der Waals surface area contributed by atoms with E-state index in [9.17, 15) is 0 Å². The first-order valence-electron chi connectivity index (χ1n) is 9.12. The molecule has 0 aliphatic carbocycles. The summed E-state index contributed by atoms with van der Waals surface area (Å²) in [7, 11) is 0. The van der Waals surface area contributed by atoms with Gasteiger partial charge in [0, 0.05) is 11.4 Å². The van der Waals surface area contributed by atoms with Crippen molar-refractivity contribution in [3.8, 4) is 0 Å². The Hall–Kier alpha value is -1.89. The molecular formula is C23H33N. The minimum absolute atomic E-state index is 0.927. The highest BCUT2D eigenvalue weighted by atomic mass is 14.7. The quantitative estimate of drug-likeness (QED) is 0.280. The largest absolute Gasteiger partial charge is 0.258 e. The lowest BCUT2D eigenvalue weighted by atomic mass is 9.94. The van der Waals surface area contributed by atoms with Crippen LogP contribution in [-0.4, -0.2) is 4.98 Å². The predicted molar refractivity (Wildman–Crippen MR) is 107 cm³/mol. The Bertz CT molecular complexity index is 629. The van der Waals surface area contributed by atoms with Crippen LogP contribution in [0.5, 0.6) is 0 Å². The van der Waals surface area contributed by atoms with Crippen LogP contribution in [0.2, 0.25) is 0 Å². The molecule has 1 heteroatoms. The molecule has 0 atom stereocenters. The Kier molecular flexibility index (Phi) is 9.07. The number of allylic oxidation sites excluding steroid dienone is 7. The summed E-state index contributed by atoms with van der Waals surface area (Å²) in [5.41, 5.74) is 7.82. The van der Waals surface area contributed by atoms with E-state index in [4.69, 9.17) is 0 Å². The first-order chi connectivity index (χ1) is 11.6. The molecule has 24 heavy (non-hydrogen) atoms. The van der Waals surface area contributed by atoms with Crippen LogP contribution in [0.4, 0.5) is 0 Å². The van der Waals surface area contributed by atoms with Gasteiger partial charge in [-0.05, 0) is 88.1 Å². The van der Waals surface area contributed by atoms with E-state index in [1.165, 1.54) is 33.7 Å². The second kappa shape index (κ2) is 10.8. The molecule has 1 aromatic rings. The third-order valence-electron chi connectivity index (χ3n) is 4.49. The average molecular weight is 324 g/mol. The zero-order valence-electron chi connectivity index (χ0n) is 16.2. The maximum Gasteiger partial charge on any atom is 0.0407 e. The molecule has 1 rings (SSSR count). The monoisotopic (exact) mass is 323 g/mol. The fourth-order valence-electron chi connectivity index (χ4n) is 3.03. The fraction of sp³-hybridized carbons (Fsp3) is 0.435. The molecule has 1 aromatic heterocycles. The van der Waals surface area contributed by atoms with E-state index < -0.39 is 0 Å². The van der Waals surface area contributed by atoms with Crippen LogP contribution < -0.4 is 0 Å².